The van der Waals surface area contributed by atoms with E-state index in [0.717, 1.165) is 30.1 Å². The number of anilines is 2. The van der Waals surface area contributed by atoms with Crippen molar-refractivity contribution in [2.75, 3.05) is 36.0 Å². The molecule has 2 aliphatic rings. The topological polar surface area (TPSA) is 70.6 Å². The quantitative estimate of drug-likeness (QED) is 0.733. The summed E-state index contributed by atoms with van der Waals surface area (Å²) in [5.41, 5.74) is 1.01. The molecule has 2 aliphatic heterocycles. The number of carbonyl (C=O) groups excluding carboxylic acids is 1. The maximum Gasteiger partial charge on any atom is 0.265 e. The van der Waals surface area contributed by atoms with Crippen LogP contribution in [-0.4, -0.2) is 54.1 Å². The molecule has 0 aliphatic carbocycles. The van der Waals surface area contributed by atoms with Crippen LogP contribution in [0.2, 0.25) is 0 Å². The normalized spacial score (nSPS) is 21.3. The fourth-order valence-corrected chi connectivity index (χ4v) is 4.25. The van der Waals surface area contributed by atoms with Crippen LogP contribution < -0.4 is 19.9 Å². The minimum atomic E-state index is -2.69. The van der Waals surface area contributed by atoms with Crippen LogP contribution in [0.25, 0.3) is 0 Å². The maximum absolute atomic E-state index is 13.8. The monoisotopic (exact) mass is 445 g/mol. The Kier molecular flexibility index (Phi) is 6.43. The Morgan fingerprint density at radius 3 is 2.72 bits per heavy atom. The number of carbonyl (C=O) groups is 1. The molecule has 2 saturated heterocycles. The summed E-state index contributed by atoms with van der Waals surface area (Å²) in [5, 5.41) is 2.86. The number of piperidine rings is 1. The van der Waals surface area contributed by atoms with Gasteiger partial charge in [-0.1, -0.05) is 12.1 Å². The number of aromatic nitrogens is 2. The van der Waals surface area contributed by atoms with Crippen molar-refractivity contribution >= 4 is 17.7 Å². The summed E-state index contributed by atoms with van der Waals surface area (Å²) in [6, 6.07) is 9.48. The molecular formula is C23H29F2N5O2. The summed E-state index contributed by atoms with van der Waals surface area (Å²) >= 11 is 0. The van der Waals surface area contributed by atoms with E-state index in [-0.39, 0.29) is 31.0 Å². The van der Waals surface area contributed by atoms with Crippen molar-refractivity contribution in [3.63, 3.8) is 0 Å². The highest BCUT2D eigenvalue weighted by Crippen LogP contribution is 2.30. The van der Waals surface area contributed by atoms with E-state index in [2.05, 4.69) is 20.2 Å². The second kappa shape index (κ2) is 9.26. The van der Waals surface area contributed by atoms with Gasteiger partial charge < -0.3 is 19.9 Å². The Bertz CT molecular complexity index is 940. The van der Waals surface area contributed by atoms with E-state index in [1.165, 1.54) is 6.92 Å². The molecule has 2 atom stereocenters. The number of nitrogens with one attached hydrogen (secondary N) is 1. The molecule has 172 valence electrons. The predicted octanol–water partition coefficient (Wildman–Crippen LogP) is 3.57. The van der Waals surface area contributed by atoms with E-state index in [0.29, 0.717) is 25.5 Å². The standard InChI is InChI=1S/C23H29F2N5O2/c1-16(27-17(2)31)18-4-6-19(7-5-18)32-20-9-13-29(14-20)21-8-11-26-22(28-21)30-12-3-10-23(24,25)15-30/h4-8,11,16,20H,3,9-10,12-15H2,1-2H3,(H,27,31)/t16-,20+/m0/s1. The van der Waals surface area contributed by atoms with E-state index in [1.807, 2.05) is 37.3 Å². The molecule has 2 aromatic rings. The number of alkyl halides is 2. The molecule has 32 heavy (non-hydrogen) atoms. The average Bonchev–Trinajstić information content (AvgIpc) is 3.22. The summed E-state index contributed by atoms with van der Waals surface area (Å²) in [4.78, 5) is 23.7. The van der Waals surface area contributed by atoms with Gasteiger partial charge in [-0.25, -0.2) is 13.8 Å². The van der Waals surface area contributed by atoms with Gasteiger partial charge in [-0.3, -0.25) is 4.79 Å². The van der Waals surface area contributed by atoms with Crippen LogP contribution in [0, 0.1) is 0 Å². The van der Waals surface area contributed by atoms with Crippen molar-refractivity contribution in [1.29, 1.82) is 0 Å². The third-order valence-corrected chi connectivity index (χ3v) is 5.88. The van der Waals surface area contributed by atoms with Crippen molar-refractivity contribution in [1.82, 2.24) is 15.3 Å². The number of ether oxygens (including phenoxy) is 1. The van der Waals surface area contributed by atoms with Crippen LogP contribution in [0.1, 0.15) is 44.7 Å². The number of hydrogen-bond acceptors (Lipinski definition) is 6. The van der Waals surface area contributed by atoms with Gasteiger partial charge in [0, 0.05) is 39.1 Å². The lowest BCUT2D eigenvalue weighted by Gasteiger charge is -2.32. The molecule has 7 nitrogen and oxygen atoms in total. The molecule has 0 bridgehead atoms. The number of amides is 1. The number of halogens is 2. The fraction of sp³-hybridized carbons (Fsp3) is 0.522. The minimum absolute atomic E-state index is 0.00588. The predicted molar refractivity (Wildman–Crippen MR) is 118 cm³/mol. The van der Waals surface area contributed by atoms with Crippen LogP contribution in [-0.2, 0) is 4.79 Å². The van der Waals surface area contributed by atoms with Crippen LogP contribution in [0.5, 0.6) is 5.75 Å². The van der Waals surface area contributed by atoms with Gasteiger partial charge in [0.25, 0.3) is 5.92 Å². The number of rotatable bonds is 6. The zero-order valence-corrected chi connectivity index (χ0v) is 18.4. The van der Waals surface area contributed by atoms with Crippen molar-refractivity contribution in [2.45, 2.75) is 51.2 Å². The molecule has 4 rings (SSSR count). The largest absolute Gasteiger partial charge is 0.489 e. The van der Waals surface area contributed by atoms with Crippen molar-refractivity contribution < 1.29 is 18.3 Å². The summed E-state index contributed by atoms with van der Waals surface area (Å²) in [5.74, 6) is -0.899. The highest BCUT2D eigenvalue weighted by atomic mass is 19.3. The molecule has 0 spiro atoms. The van der Waals surface area contributed by atoms with Gasteiger partial charge in [-0.15, -0.1) is 0 Å². The lowest BCUT2D eigenvalue weighted by Crippen LogP contribution is -2.43. The third kappa shape index (κ3) is 5.44. The van der Waals surface area contributed by atoms with E-state index in [4.69, 9.17) is 4.74 Å². The first-order valence-electron chi connectivity index (χ1n) is 11.0. The van der Waals surface area contributed by atoms with E-state index >= 15 is 0 Å². The molecule has 1 aromatic heterocycles. The van der Waals surface area contributed by atoms with Gasteiger partial charge in [0.15, 0.2) is 0 Å². The molecule has 2 fully saturated rings. The Hall–Kier alpha value is -2.97. The Morgan fingerprint density at radius 1 is 1.22 bits per heavy atom. The maximum atomic E-state index is 13.8. The summed E-state index contributed by atoms with van der Waals surface area (Å²) in [6.07, 6.45) is 2.83. The Morgan fingerprint density at radius 2 is 2.00 bits per heavy atom. The lowest BCUT2D eigenvalue weighted by molar-refractivity contribution is -0.119. The van der Waals surface area contributed by atoms with Crippen LogP contribution in [0.3, 0.4) is 0 Å². The van der Waals surface area contributed by atoms with Gasteiger partial charge in [0.05, 0.1) is 19.1 Å². The van der Waals surface area contributed by atoms with Crippen LogP contribution in [0.4, 0.5) is 20.5 Å². The first kappa shape index (κ1) is 22.2. The summed E-state index contributed by atoms with van der Waals surface area (Å²) in [6.45, 7) is 5.08. The molecule has 0 unspecified atom stereocenters. The molecule has 1 N–H and O–H groups in total. The molecule has 3 heterocycles. The average molecular weight is 446 g/mol. The molecule has 0 radical (unpaired) electrons. The van der Waals surface area contributed by atoms with Gasteiger partial charge in [-0.05, 0) is 37.1 Å². The zero-order valence-electron chi connectivity index (χ0n) is 18.4. The molecule has 9 heteroatoms. The van der Waals surface area contributed by atoms with Gasteiger partial charge >= 0.3 is 0 Å². The zero-order chi connectivity index (χ0) is 22.7. The van der Waals surface area contributed by atoms with Crippen LogP contribution in [0.15, 0.2) is 36.5 Å². The summed E-state index contributed by atoms with van der Waals surface area (Å²) in [7, 11) is 0. The third-order valence-electron chi connectivity index (χ3n) is 5.88. The second-order valence-electron chi connectivity index (χ2n) is 8.56. The second-order valence-corrected chi connectivity index (χ2v) is 8.56. The first-order valence-corrected chi connectivity index (χ1v) is 11.0. The van der Waals surface area contributed by atoms with Crippen molar-refractivity contribution in [3.05, 3.63) is 42.1 Å². The molecule has 1 aromatic carbocycles. The lowest BCUT2D eigenvalue weighted by atomic mass is 10.1. The van der Waals surface area contributed by atoms with Crippen molar-refractivity contribution in [2.24, 2.45) is 0 Å². The number of benzene rings is 1. The van der Waals surface area contributed by atoms with Gasteiger partial charge in [0.2, 0.25) is 11.9 Å². The minimum Gasteiger partial charge on any atom is -0.489 e. The van der Waals surface area contributed by atoms with Gasteiger partial charge in [-0.2, -0.15) is 4.98 Å². The van der Waals surface area contributed by atoms with Gasteiger partial charge in [0.1, 0.15) is 17.7 Å². The Balaban J connectivity index is 1.35. The molecule has 0 saturated carbocycles. The fourth-order valence-electron chi connectivity index (χ4n) is 4.25. The molecule has 1 amide bonds. The van der Waals surface area contributed by atoms with E-state index in [1.54, 1.807) is 11.1 Å². The van der Waals surface area contributed by atoms with E-state index in [9.17, 15) is 13.6 Å². The van der Waals surface area contributed by atoms with E-state index < -0.39 is 5.92 Å². The number of nitrogens with zero attached hydrogens (tertiary/aromatic N) is 4. The SMILES string of the molecule is CC(=O)N[C@@H](C)c1ccc(O[C@@H]2CCN(c3ccnc(N4CCCC(F)(F)C4)n3)C2)cc1. The molecular weight excluding hydrogens is 416 g/mol. The highest BCUT2D eigenvalue weighted by molar-refractivity contribution is 5.73. The van der Waals surface area contributed by atoms with Crippen molar-refractivity contribution in [3.8, 4) is 5.75 Å². The first-order chi connectivity index (χ1) is 15.3. The highest BCUT2D eigenvalue weighted by Gasteiger charge is 2.36. The summed E-state index contributed by atoms with van der Waals surface area (Å²) < 4.78 is 33.7. The Labute approximate surface area is 186 Å². The smallest absolute Gasteiger partial charge is 0.265 e. The number of hydrogen-bond donors (Lipinski definition) is 1. The van der Waals surface area contributed by atoms with Crippen LogP contribution >= 0.6 is 0 Å².